The summed E-state index contributed by atoms with van der Waals surface area (Å²) in [4.78, 5) is 9.28. The fraction of sp³-hybridized carbons (Fsp3) is 0.0455. The van der Waals surface area contributed by atoms with E-state index in [1.807, 2.05) is 42.5 Å². The Kier molecular flexibility index (Phi) is 4.31. The molecule has 5 rings (SSSR count). The van der Waals surface area contributed by atoms with E-state index in [4.69, 9.17) is 4.98 Å². The van der Waals surface area contributed by atoms with Crippen molar-refractivity contribution in [2.75, 3.05) is 5.43 Å². The number of fused-ring (bicyclic) bond motifs is 2. The lowest BCUT2D eigenvalue weighted by Crippen LogP contribution is -2.05. The van der Waals surface area contributed by atoms with E-state index in [9.17, 15) is 0 Å². The second-order valence-corrected chi connectivity index (χ2v) is 7.42. The van der Waals surface area contributed by atoms with Crippen LogP contribution in [-0.2, 0) is 6.54 Å². The first-order chi connectivity index (χ1) is 13.9. The minimum atomic E-state index is 0.740. The number of benzene rings is 3. The summed E-state index contributed by atoms with van der Waals surface area (Å²) in [6, 6.07) is 26.6. The van der Waals surface area contributed by atoms with Crippen LogP contribution < -0.4 is 5.43 Å². The second kappa shape index (κ2) is 7.25. The van der Waals surface area contributed by atoms with Crippen molar-refractivity contribution in [2.45, 2.75) is 6.54 Å². The normalized spacial score (nSPS) is 11.6. The topological polar surface area (TPSA) is 55.1 Å². The highest BCUT2D eigenvalue weighted by atomic mass is 32.1. The van der Waals surface area contributed by atoms with Crippen LogP contribution in [0.1, 0.15) is 11.4 Å². The van der Waals surface area contributed by atoms with E-state index in [2.05, 4.69) is 56.5 Å². The third kappa shape index (κ3) is 3.25. The highest BCUT2D eigenvalue weighted by molar-refractivity contribution is 7.22. The first kappa shape index (κ1) is 16.6. The lowest BCUT2D eigenvalue weighted by atomic mass is 10.2. The van der Waals surface area contributed by atoms with Crippen LogP contribution in [0.25, 0.3) is 21.3 Å². The summed E-state index contributed by atoms with van der Waals surface area (Å²) in [5.74, 6) is 0.804. The molecule has 2 aromatic heterocycles. The minimum Gasteiger partial charge on any atom is -0.319 e. The highest BCUT2D eigenvalue weighted by Gasteiger charge is 2.09. The molecule has 6 heteroatoms. The molecule has 3 aromatic carbocycles. The molecule has 0 bridgehead atoms. The van der Waals surface area contributed by atoms with Gasteiger partial charge in [-0.25, -0.2) is 9.97 Å². The van der Waals surface area contributed by atoms with Crippen molar-refractivity contribution in [3.63, 3.8) is 0 Å². The van der Waals surface area contributed by atoms with Gasteiger partial charge in [0.2, 0.25) is 5.13 Å². The summed E-state index contributed by atoms with van der Waals surface area (Å²) in [6.07, 6.45) is 1.76. The number of hydrogen-bond donors (Lipinski definition) is 1. The van der Waals surface area contributed by atoms with Crippen LogP contribution in [0.2, 0.25) is 0 Å². The van der Waals surface area contributed by atoms with E-state index in [1.165, 1.54) is 5.56 Å². The molecular weight excluding hydrogens is 366 g/mol. The lowest BCUT2D eigenvalue weighted by molar-refractivity contribution is 0.816. The molecule has 0 spiro atoms. The van der Waals surface area contributed by atoms with E-state index in [0.29, 0.717) is 0 Å². The molecule has 0 fully saturated rings. The number of para-hydroxylation sites is 3. The van der Waals surface area contributed by atoms with E-state index in [-0.39, 0.29) is 0 Å². The molecule has 0 saturated carbocycles. The number of anilines is 1. The first-order valence-electron chi connectivity index (χ1n) is 9.01. The Bertz CT molecular complexity index is 1240. The van der Waals surface area contributed by atoms with Gasteiger partial charge in [0.15, 0.2) is 5.82 Å². The lowest BCUT2D eigenvalue weighted by Gasteiger charge is -2.07. The van der Waals surface area contributed by atoms with Gasteiger partial charge in [-0.05, 0) is 29.8 Å². The first-order valence-corrected chi connectivity index (χ1v) is 9.82. The molecular formula is C22H17N5S. The molecule has 5 aromatic rings. The molecule has 28 heavy (non-hydrogen) atoms. The maximum Gasteiger partial charge on any atom is 0.204 e. The summed E-state index contributed by atoms with van der Waals surface area (Å²) in [5.41, 5.74) is 7.29. The molecule has 0 aliphatic carbocycles. The predicted molar refractivity (Wildman–Crippen MR) is 116 cm³/mol. The van der Waals surface area contributed by atoms with Crippen LogP contribution >= 0.6 is 11.3 Å². The summed E-state index contributed by atoms with van der Waals surface area (Å²) in [6.45, 7) is 0.740. The Hall–Kier alpha value is -3.51. The zero-order valence-corrected chi connectivity index (χ0v) is 15.8. The summed E-state index contributed by atoms with van der Waals surface area (Å²) in [7, 11) is 0. The van der Waals surface area contributed by atoms with Gasteiger partial charge in [-0.2, -0.15) is 5.10 Å². The van der Waals surface area contributed by atoms with E-state index < -0.39 is 0 Å². The summed E-state index contributed by atoms with van der Waals surface area (Å²) >= 11 is 1.58. The molecule has 0 unspecified atom stereocenters. The molecule has 5 nitrogen and oxygen atoms in total. The zero-order valence-electron chi connectivity index (χ0n) is 15.0. The van der Waals surface area contributed by atoms with Crippen molar-refractivity contribution in [2.24, 2.45) is 5.10 Å². The van der Waals surface area contributed by atoms with Gasteiger partial charge in [0.05, 0.1) is 27.5 Å². The fourth-order valence-corrected chi connectivity index (χ4v) is 4.01. The molecule has 0 atom stereocenters. The number of nitrogens with one attached hydrogen (secondary N) is 1. The monoisotopic (exact) mass is 383 g/mol. The molecule has 0 aliphatic rings. The SMILES string of the molecule is C(=NNc1nc2ccccc2s1)c1nc2ccccc2n1Cc1ccccc1. The maximum atomic E-state index is 4.74. The largest absolute Gasteiger partial charge is 0.319 e. The van der Waals surface area contributed by atoms with Crippen molar-refractivity contribution in [3.05, 3.63) is 90.3 Å². The average Bonchev–Trinajstić information content (AvgIpc) is 3.30. The Labute approximate surface area is 166 Å². The van der Waals surface area contributed by atoms with Crippen molar-refractivity contribution in [1.29, 1.82) is 0 Å². The van der Waals surface area contributed by atoms with Gasteiger partial charge < -0.3 is 4.57 Å². The van der Waals surface area contributed by atoms with Gasteiger partial charge in [0, 0.05) is 6.54 Å². The Morgan fingerprint density at radius 1 is 0.857 bits per heavy atom. The second-order valence-electron chi connectivity index (χ2n) is 6.39. The van der Waals surface area contributed by atoms with E-state index >= 15 is 0 Å². The van der Waals surface area contributed by atoms with Crippen molar-refractivity contribution < 1.29 is 0 Å². The standard InChI is InChI=1S/C22H17N5S/c1-2-8-16(9-3-1)15-27-19-12-6-4-10-17(19)24-21(27)14-23-26-22-25-18-11-5-7-13-20(18)28-22/h1-14H,15H2,(H,25,26). The van der Waals surface area contributed by atoms with Crippen LogP contribution in [0.4, 0.5) is 5.13 Å². The number of nitrogens with zero attached hydrogens (tertiary/aromatic N) is 4. The van der Waals surface area contributed by atoms with Crippen LogP contribution in [-0.4, -0.2) is 20.7 Å². The fourth-order valence-electron chi connectivity index (χ4n) is 3.19. The summed E-state index contributed by atoms with van der Waals surface area (Å²) < 4.78 is 3.31. The smallest absolute Gasteiger partial charge is 0.204 e. The number of thiazole rings is 1. The molecule has 0 amide bonds. The van der Waals surface area contributed by atoms with Crippen LogP contribution in [0.5, 0.6) is 0 Å². The van der Waals surface area contributed by atoms with Crippen LogP contribution in [0.15, 0.2) is 84.0 Å². The molecule has 1 N–H and O–H groups in total. The van der Waals surface area contributed by atoms with E-state index in [0.717, 1.165) is 38.8 Å². The number of hydrazone groups is 1. The van der Waals surface area contributed by atoms with Gasteiger partial charge in [-0.1, -0.05) is 65.9 Å². The predicted octanol–water partition coefficient (Wildman–Crippen LogP) is 5.14. The van der Waals surface area contributed by atoms with Crippen molar-refractivity contribution in [1.82, 2.24) is 14.5 Å². The molecule has 0 saturated heterocycles. The Balaban J connectivity index is 1.45. The molecule has 136 valence electrons. The average molecular weight is 383 g/mol. The number of hydrogen-bond acceptors (Lipinski definition) is 5. The Morgan fingerprint density at radius 3 is 2.46 bits per heavy atom. The van der Waals surface area contributed by atoms with E-state index in [1.54, 1.807) is 17.6 Å². The van der Waals surface area contributed by atoms with Gasteiger partial charge in [-0.3, -0.25) is 5.43 Å². The number of aromatic nitrogens is 3. The number of imidazole rings is 1. The van der Waals surface area contributed by atoms with Gasteiger partial charge in [0.25, 0.3) is 0 Å². The third-order valence-electron chi connectivity index (χ3n) is 4.50. The summed E-state index contributed by atoms with van der Waals surface area (Å²) in [5, 5.41) is 5.16. The third-order valence-corrected chi connectivity index (χ3v) is 5.44. The van der Waals surface area contributed by atoms with Crippen molar-refractivity contribution in [3.8, 4) is 0 Å². The van der Waals surface area contributed by atoms with Gasteiger partial charge in [0.1, 0.15) is 0 Å². The number of rotatable bonds is 5. The van der Waals surface area contributed by atoms with Crippen LogP contribution in [0, 0.1) is 0 Å². The van der Waals surface area contributed by atoms with Gasteiger partial charge in [-0.15, -0.1) is 0 Å². The van der Waals surface area contributed by atoms with Gasteiger partial charge >= 0.3 is 0 Å². The van der Waals surface area contributed by atoms with Crippen molar-refractivity contribution >= 4 is 43.9 Å². The van der Waals surface area contributed by atoms with Crippen LogP contribution in [0.3, 0.4) is 0 Å². The highest BCUT2D eigenvalue weighted by Crippen LogP contribution is 2.25. The zero-order chi connectivity index (χ0) is 18.8. The molecule has 0 radical (unpaired) electrons. The molecule has 0 aliphatic heterocycles. The Morgan fingerprint density at radius 2 is 1.61 bits per heavy atom. The quantitative estimate of drug-likeness (QED) is 0.338. The maximum absolute atomic E-state index is 4.74. The molecule has 2 heterocycles. The minimum absolute atomic E-state index is 0.740.